The molecule has 1 N–H and O–H groups in total. The molecule has 5 heteroatoms. The van der Waals surface area contributed by atoms with E-state index in [1.807, 2.05) is 30.8 Å². The molecule has 0 spiro atoms. The molecule has 0 saturated carbocycles. The maximum atomic E-state index is 5.70. The van der Waals surface area contributed by atoms with Gasteiger partial charge in [-0.2, -0.15) is 5.10 Å². The molecule has 0 radical (unpaired) electrons. The Kier molecular flexibility index (Phi) is 3.03. The SMILES string of the molecule is Cc1ccc(-c2c(Br)c(C3CCCN3)nn2C)o1. The van der Waals surface area contributed by atoms with Crippen LogP contribution < -0.4 is 5.32 Å². The number of furan rings is 1. The lowest BCUT2D eigenvalue weighted by Gasteiger charge is -2.06. The van der Waals surface area contributed by atoms with Crippen LogP contribution in [0.3, 0.4) is 0 Å². The number of aryl methyl sites for hydroxylation is 2. The first-order valence-corrected chi connectivity index (χ1v) is 6.98. The van der Waals surface area contributed by atoms with Crippen LogP contribution >= 0.6 is 15.9 Å². The van der Waals surface area contributed by atoms with Crippen LogP contribution in [0.15, 0.2) is 21.0 Å². The van der Waals surface area contributed by atoms with Crippen molar-refractivity contribution in [1.82, 2.24) is 15.1 Å². The van der Waals surface area contributed by atoms with Gasteiger partial charge < -0.3 is 9.73 Å². The Balaban J connectivity index is 2.05. The highest BCUT2D eigenvalue weighted by atomic mass is 79.9. The molecule has 96 valence electrons. The van der Waals surface area contributed by atoms with E-state index in [-0.39, 0.29) is 0 Å². The van der Waals surface area contributed by atoms with E-state index in [0.29, 0.717) is 6.04 Å². The van der Waals surface area contributed by atoms with E-state index in [2.05, 4.69) is 26.3 Å². The minimum Gasteiger partial charge on any atom is -0.460 e. The van der Waals surface area contributed by atoms with Crippen LogP contribution in [0.5, 0.6) is 0 Å². The molecular formula is C13H16BrN3O. The molecule has 2 aromatic rings. The number of hydrogen-bond donors (Lipinski definition) is 1. The lowest BCUT2D eigenvalue weighted by Crippen LogP contribution is -2.14. The number of hydrogen-bond acceptors (Lipinski definition) is 3. The van der Waals surface area contributed by atoms with Crippen molar-refractivity contribution in [2.24, 2.45) is 7.05 Å². The molecule has 3 rings (SSSR count). The third kappa shape index (κ3) is 1.91. The van der Waals surface area contributed by atoms with E-state index in [1.54, 1.807) is 0 Å². The lowest BCUT2D eigenvalue weighted by atomic mass is 10.1. The molecule has 1 fully saturated rings. The van der Waals surface area contributed by atoms with Gasteiger partial charge >= 0.3 is 0 Å². The second-order valence-electron chi connectivity index (χ2n) is 4.73. The van der Waals surface area contributed by atoms with E-state index in [9.17, 15) is 0 Å². The van der Waals surface area contributed by atoms with Gasteiger partial charge in [0.05, 0.1) is 16.2 Å². The van der Waals surface area contributed by atoms with Crippen LogP contribution in [0.2, 0.25) is 0 Å². The van der Waals surface area contributed by atoms with Gasteiger partial charge in [0.15, 0.2) is 5.76 Å². The molecule has 1 aliphatic rings. The highest BCUT2D eigenvalue weighted by molar-refractivity contribution is 9.10. The van der Waals surface area contributed by atoms with Gasteiger partial charge in [-0.3, -0.25) is 4.68 Å². The fourth-order valence-corrected chi connectivity index (χ4v) is 3.30. The van der Waals surface area contributed by atoms with Crippen LogP contribution in [0.25, 0.3) is 11.5 Å². The summed E-state index contributed by atoms with van der Waals surface area (Å²) >= 11 is 3.67. The molecular weight excluding hydrogens is 294 g/mol. The normalized spacial score (nSPS) is 19.6. The summed E-state index contributed by atoms with van der Waals surface area (Å²) in [6.07, 6.45) is 2.36. The highest BCUT2D eigenvalue weighted by Crippen LogP contribution is 2.36. The fourth-order valence-electron chi connectivity index (χ4n) is 2.49. The lowest BCUT2D eigenvalue weighted by molar-refractivity contribution is 0.540. The van der Waals surface area contributed by atoms with Crippen molar-refractivity contribution < 1.29 is 4.42 Å². The largest absolute Gasteiger partial charge is 0.460 e. The molecule has 0 amide bonds. The Labute approximate surface area is 114 Å². The van der Waals surface area contributed by atoms with Crippen molar-refractivity contribution >= 4 is 15.9 Å². The summed E-state index contributed by atoms with van der Waals surface area (Å²) in [6.45, 7) is 3.02. The Morgan fingerprint density at radius 1 is 1.50 bits per heavy atom. The van der Waals surface area contributed by atoms with Crippen molar-refractivity contribution in [2.45, 2.75) is 25.8 Å². The monoisotopic (exact) mass is 309 g/mol. The van der Waals surface area contributed by atoms with Gasteiger partial charge in [0.2, 0.25) is 0 Å². The van der Waals surface area contributed by atoms with Crippen LogP contribution in [-0.4, -0.2) is 16.3 Å². The highest BCUT2D eigenvalue weighted by Gasteiger charge is 2.26. The summed E-state index contributed by atoms with van der Waals surface area (Å²) in [5.74, 6) is 1.78. The molecule has 2 aromatic heterocycles. The average Bonchev–Trinajstić information content (AvgIpc) is 3.01. The summed E-state index contributed by atoms with van der Waals surface area (Å²) in [6, 6.07) is 4.32. The molecule has 1 saturated heterocycles. The van der Waals surface area contributed by atoms with E-state index in [1.165, 1.54) is 6.42 Å². The summed E-state index contributed by atoms with van der Waals surface area (Å²) in [4.78, 5) is 0. The minimum atomic E-state index is 0.357. The van der Waals surface area contributed by atoms with Crippen LogP contribution in [0.4, 0.5) is 0 Å². The zero-order chi connectivity index (χ0) is 12.7. The quantitative estimate of drug-likeness (QED) is 0.926. The molecule has 4 nitrogen and oxygen atoms in total. The van der Waals surface area contributed by atoms with E-state index >= 15 is 0 Å². The van der Waals surface area contributed by atoms with Gasteiger partial charge in [-0.1, -0.05) is 0 Å². The maximum absolute atomic E-state index is 5.70. The van der Waals surface area contributed by atoms with Crippen molar-refractivity contribution in [2.75, 3.05) is 6.54 Å². The van der Waals surface area contributed by atoms with E-state index < -0.39 is 0 Å². The Bertz CT molecular complexity index is 567. The average molecular weight is 310 g/mol. The van der Waals surface area contributed by atoms with Gasteiger partial charge in [-0.15, -0.1) is 0 Å². The summed E-state index contributed by atoms with van der Waals surface area (Å²) in [5.41, 5.74) is 2.09. The molecule has 3 heterocycles. The standard InChI is InChI=1S/C13H16BrN3O/c1-8-5-6-10(18-8)13-11(14)12(16-17(13)2)9-4-3-7-15-9/h5-6,9,15H,3-4,7H2,1-2H3. The first kappa shape index (κ1) is 12.0. The Morgan fingerprint density at radius 3 is 2.94 bits per heavy atom. The van der Waals surface area contributed by atoms with Crippen molar-refractivity contribution in [3.8, 4) is 11.5 Å². The van der Waals surface area contributed by atoms with Crippen molar-refractivity contribution in [3.05, 3.63) is 28.1 Å². The Morgan fingerprint density at radius 2 is 2.33 bits per heavy atom. The topological polar surface area (TPSA) is 43.0 Å². The number of nitrogens with zero attached hydrogens (tertiary/aromatic N) is 2. The van der Waals surface area contributed by atoms with Crippen LogP contribution in [0, 0.1) is 6.92 Å². The molecule has 18 heavy (non-hydrogen) atoms. The van der Waals surface area contributed by atoms with Crippen molar-refractivity contribution in [3.63, 3.8) is 0 Å². The zero-order valence-corrected chi connectivity index (χ0v) is 12.1. The van der Waals surface area contributed by atoms with Crippen molar-refractivity contribution in [1.29, 1.82) is 0 Å². The first-order chi connectivity index (χ1) is 8.66. The van der Waals surface area contributed by atoms with Crippen LogP contribution in [-0.2, 0) is 7.05 Å². The molecule has 0 bridgehead atoms. The predicted molar refractivity (Wildman–Crippen MR) is 73.3 cm³/mol. The van der Waals surface area contributed by atoms with Crippen LogP contribution in [0.1, 0.15) is 30.3 Å². The minimum absolute atomic E-state index is 0.357. The molecule has 0 aliphatic carbocycles. The Hall–Kier alpha value is -1.07. The third-order valence-electron chi connectivity index (χ3n) is 3.38. The second-order valence-corrected chi connectivity index (χ2v) is 5.52. The molecule has 1 aliphatic heterocycles. The summed E-state index contributed by atoms with van der Waals surface area (Å²) in [5, 5.41) is 8.10. The van der Waals surface area contributed by atoms with Gasteiger partial charge in [-0.25, -0.2) is 0 Å². The molecule has 1 unspecified atom stereocenters. The van der Waals surface area contributed by atoms with Gasteiger partial charge in [-0.05, 0) is 54.4 Å². The summed E-state index contributed by atoms with van der Waals surface area (Å²) in [7, 11) is 1.95. The zero-order valence-electron chi connectivity index (χ0n) is 10.5. The van der Waals surface area contributed by atoms with E-state index in [0.717, 1.165) is 40.3 Å². The number of aromatic nitrogens is 2. The molecule has 1 atom stereocenters. The van der Waals surface area contributed by atoms with Gasteiger partial charge in [0.1, 0.15) is 11.5 Å². The predicted octanol–water partition coefficient (Wildman–Crippen LogP) is 3.18. The smallest absolute Gasteiger partial charge is 0.153 e. The van der Waals surface area contributed by atoms with E-state index in [4.69, 9.17) is 4.42 Å². The van der Waals surface area contributed by atoms with Gasteiger partial charge in [0.25, 0.3) is 0 Å². The number of nitrogens with one attached hydrogen (secondary N) is 1. The molecule has 0 aromatic carbocycles. The number of rotatable bonds is 2. The summed E-state index contributed by atoms with van der Waals surface area (Å²) < 4.78 is 8.62. The maximum Gasteiger partial charge on any atom is 0.153 e. The fraction of sp³-hybridized carbons (Fsp3) is 0.462. The number of halogens is 1. The third-order valence-corrected chi connectivity index (χ3v) is 4.16. The second kappa shape index (κ2) is 4.55. The first-order valence-electron chi connectivity index (χ1n) is 6.19. The van der Waals surface area contributed by atoms with Gasteiger partial charge in [0, 0.05) is 7.05 Å².